The van der Waals surface area contributed by atoms with Gasteiger partial charge in [0.05, 0.1) is 12.6 Å². The molecular formula is C16H26IN3O2. The van der Waals surface area contributed by atoms with E-state index >= 15 is 0 Å². The van der Waals surface area contributed by atoms with Crippen LogP contribution in [0.2, 0.25) is 0 Å². The minimum Gasteiger partial charge on any atom is -0.491 e. The highest BCUT2D eigenvalue weighted by Gasteiger charge is 2.22. The van der Waals surface area contributed by atoms with E-state index in [1.54, 1.807) is 0 Å². The fourth-order valence-electron chi connectivity index (χ4n) is 2.39. The van der Waals surface area contributed by atoms with Crippen molar-refractivity contribution in [3.05, 3.63) is 29.8 Å². The summed E-state index contributed by atoms with van der Waals surface area (Å²) in [7, 11) is 0. The fraction of sp³-hybridized carbons (Fsp3) is 0.562. The van der Waals surface area contributed by atoms with Crippen molar-refractivity contribution in [1.29, 1.82) is 0 Å². The van der Waals surface area contributed by atoms with Gasteiger partial charge in [-0.15, -0.1) is 24.0 Å². The van der Waals surface area contributed by atoms with E-state index in [0.717, 1.165) is 36.8 Å². The summed E-state index contributed by atoms with van der Waals surface area (Å²) < 4.78 is 5.75. The van der Waals surface area contributed by atoms with Crippen molar-refractivity contribution in [2.75, 3.05) is 32.8 Å². The van der Waals surface area contributed by atoms with Gasteiger partial charge in [0.25, 0.3) is 0 Å². The van der Waals surface area contributed by atoms with Gasteiger partial charge in [0, 0.05) is 19.6 Å². The lowest BCUT2D eigenvalue weighted by Gasteiger charge is -2.21. The number of hydrogen-bond acceptors (Lipinski definition) is 3. The third-order valence-electron chi connectivity index (χ3n) is 3.50. The van der Waals surface area contributed by atoms with Gasteiger partial charge in [-0.05, 0) is 31.9 Å². The van der Waals surface area contributed by atoms with Gasteiger partial charge in [0.2, 0.25) is 0 Å². The first kappa shape index (κ1) is 19.0. The number of aryl methyl sites for hydroxylation is 1. The van der Waals surface area contributed by atoms with Gasteiger partial charge in [-0.1, -0.05) is 18.2 Å². The molecule has 1 aromatic rings. The maximum absolute atomic E-state index is 9.62. The number of hydrogen-bond donors (Lipinski definition) is 2. The minimum atomic E-state index is -0.239. The molecule has 22 heavy (non-hydrogen) atoms. The second kappa shape index (κ2) is 9.89. The van der Waals surface area contributed by atoms with E-state index in [9.17, 15) is 5.11 Å². The molecule has 1 atom stereocenters. The second-order valence-corrected chi connectivity index (χ2v) is 5.24. The summed E-state index contributed by atoms with van der Waals surface area (Å²) in [6.07, 6.45) is 0.571. The van der Waals surface area contributed by atoms with E-state index in [4.69, 9.17) is 4.74 Å². The molecule has 2 N–H and O–H groups in total. The summed E-state index contributed by atoms with van der Waals surface area (Å²) in [6, 6.07) is 7.99. The maximum atomic E-state index is 9.62. The van der Waals surface area contributed by atoms with Gasteiger partial charge in [-0.3, -0.25) is 0 Å². The second-order valence-electron chi connectivity index (χ2n) is 5.24. The van der Waals surface area contributed by atoms with E-state index in [1.807, 2.05) is 38.1 Å². The number of ether oxygens (including phenoxy) is 1. The number of rotatable bonds is 5. The number of benzene rings is 1. The molecule has 0 aliphatic carbocycles. The van der Waals surface area contributed by atoms with Crippen LogP contribution in [-0.2, 0) is 0 Å². The summed E-state index contributed by atoms with van der Waals surface area (Å²) in [4.78, 5) is 6.67. The molecule has 1 aromatic carbocycles. The average molecular weight is 419 g/mol. The van der Waals surface area contributed by atoms with Crippen LogP contribution < -0.4 is 10.1 Å². The first-order valence-electron chi connectivity index (χ1n) is 7.60. The summed E-state index contributed by atoms with van der Waals surface area (Å²) in [6.45, 7) is 7.57. The lowest BCUT2D eigenvalue weighted by atomic mass is 10.2. The van der Waals surface area contributed by atoms with Crippen molar-refractivity contribution in [3.8, 4) is 5.75 Å². The van der Waals surface area contributed by atoms with Crippen molar-refractivity contribution in [2.24, 2.45) is 4.99 Å². The van der Waals surface area contributed by atoms with Gasteiger partial charge in [-0.25, -0.2) is 4.99 Å². The molecule has 1 aliphatic rings. The Labute approximate surface area is 149 Å². The molecule has 124 valence electrons. The number of aliphatic imine (C=N–C) groups is 1. The molecule has 0 spiro atoms. The Kier molecular flexibility index (Phi) is 8.55. The van der Waals surface area contributed by atoms with Gasteiger partial charge in [-0.2, -0.15) is 0 Å². The zero-order chi connectivity index (χ0) is 15.1. The average Bonchev–Trinajstić information content (AvgIpc) is 2.90. The number of para-hydroxylation sites is 1. The Bertz CT molecular complexity index is 482. The normalized spacial score (nSPS) is 18.0. The van der Waals surface area contributed by atoms with E-state index in [0.29, 0.717) is 19.7 Å². The number of nitrogens with zero attached hydrogens (tertiary/aromatic N) is 2. The number of nitrogens with one attached hydrogen (secondary N) is 1. The third-order valence-corrected chi connectivity index (χ3v) is 3.50. The highest BCUT2D eigenvalue weighted by atomic mass is 127. The molecule has 1 fully saturated rings. The van der Waals surface area contributed by atoms with Gasteiger partial charge in [0.15, 0.2) is 5.96 Å². The molecule has 2 rings (SSSR count). The van der Waals surface area contributed by atoms with E-state index in [2.05, 4.69) is 15.2 Å². The topological polar surface area (TPSA) is 57.1 Å². The number of likely N-dealkylation sites (tertiary alicyclic amines) is 1. The third kappa shape index (κ3) is 5.64. The largest absolute Gasteiger partial charge is 0.491 e. The molecule has 1 aliphatic heterocycles. The predicted molar refractivity (Wildman–Crippen MR) is 100 cm³/mol. The van der Waals surface area contributed by atoms with Crippen molar-refractivity contribution in [1.82, 2.24) is 10.2 Å². The molecule has 0 aromatic heterocycles. The van der Waals surface area contributed by atoms with E-state index in [1.165, 1.54) is 0 Å². The van der Waals surface area contributed by atoms with Gasteiger partial charge < -0.3 is 20.1 Å². The van der Waals surface area contributed by atoms with Crippen LogP contribution in [0.15, 0.2) is 29.3 Å². The smallest absolute Gasteiger partial charge is 0.194 e. The summed E-state index contributed by atoms with van der Waals surface area (Å²) in [5.41, 5.74) is 1.14. The summed E-state index contributed by atoms with van der Waals surface area (Å²) in [5, 5.41) is 12.9. The van der Waals surface area contributed by atoms with E-state index in [-0.39, 0.29) is 30.1 Å². The molecule has 1 saturated heterocycles. The Morgan fingerprint density at radius 3 is 2.86 bits per heavy atom. The van der Waals surface area contributed by atoms with Crippen LogP contribution in [0.3, 0.4) is 0 Å². The van der Waals surface area contributed by atoms with Crippen molar-refractivity contribution in [2.45, 2.75) is 26.4 Å². The van der Waals surface area contributed by atoms with Crippen LogP contribution in [0.1, 0.15) is 18.9 Å². The van der Waals surface area contributed by atoms with Crippen LogP contribution in [0.4, 0.5) is 0 Å². The van der Waals surface area contributed by atoms with Crippen LogP contribution in [0.25, 0.3) is 0 Å². The first-order valence-corrected chi connectivity index (χ1v) is 7.60. The molecule has 0 unspecified atom stereocenters. The van der Waals surface area contributed by atoms with Crippen LogP contribution in [-0.4, -0.2) is 54.9 Å². The Morgan fingerprint density at radius 2 is 2.23 bits per heavy atom. The first-order chi connectivity index (χ1) is 10.2. The molecule has 0 bridgehead atoms. The SMILES string of the molecule is CCNC(=NCCOc1ccccc1C)N1CC[C@@H](O)C1.I. The lowest BCUT2D eigenvalue weighted by Crippen LogP contribution is -2.40. The molecule has 0 radical (unpaired) electrons. The summed E-state index contributed by atoms with van der Waals surface area (Å²) >= 11 is 0. The zero-order valence-corrected chi connectivity index (χ0v) is 15.6. The highest BCUT2D eigenvalue weighted by Crippen LogP contribution is 2.15. The predicted octanol–water partition coefficient (Wildman–Crippen LogP) is 2.02. The number of β-amino-alcohol motifs (C(OH)–C–C–N with tert-alkyl or cyclic N) is 1. The van der Waals surface area contributed by atoms with Crippen LogP contribution >= 0.6 is 24.0 Å². The fourth-order valence-corrected chi connectivity index (χ4v) is 2.39. The standard InChI is InChI=1S/C16H25N3O2.HI/c1-3-17-16(19-10-8-14(20)12-19)18-9-11-21-15-7-5-4-6-13(15)2;/h4-7,14,20H,3,8-12H2,1-2H3,(H,17,18);1H/t14-;/m1./s1. The van der Waals surface area contributed by atoms with E-state index < -0.39 is 0 Å². The van der Waals surface area contributed by atoms with Crippen molar-refractivity contribution >= 4 is 29.9 Å². The van der Waals surface area contributed by atoms with Gasteiger partial charge >= 0.3 is 0 Å². The number of halogens is 1. The highest BCUT2D eigenvalue weighted by molar-refractivity contribution is 14.0. The molecule has 0 amide bonds. The van der Waals surface area contributed by atoms with Crippen molar-refractivity contribution in [3.63, 3.8) is 0 Å². The lowest BCUT2D eigenvalue weighted by molar-refractivity contribution is 0.187. The molecule has 5 nitrogen and oxygen atoms in total. The molecular weight excluding hydrogens is 393 g/mol. The van der Waals surface area contributed by atoms with Crippen molar-refractivity contribution < 1.29 is 9.84 Å². The quantitative estimate of drug-likeness (QED) is 0.332. The molecule has 6 heteroatoms. The molecule has 0 saturated carbocycles. The Balaban J connectivity index is 0.00000242. The maximum Gasteiger partial charge on any atom is 0.194 e. The Hall–Kier alpha value is -1.02. The zero-order valence-electron chi connectivity index (χ0n) is 13.3. The summed E-state index contributed by atoms with van der Waals surface area (Å²) in [5.74, 6) is 1.77. The Morgan fingerprint density at radius 1 is 1.45 bits per heavy atom. The van der Waals surface area contributed by atoms with Crippen LogP contribution in [0, 0.1) is 6.92 Å². The number of aliphatic hydroxyl groups is 1. The minimum absolute atomic E-state index is 0. The monoisotopic (exact) mass is 419 g/mol. The number of guanidine groups is 1. The van der Waals surface area contributed by atoms with Gasteiger partial charge in [0.1, 0.15) is 12.4 Å². The molecule has 1 heterocycles. The van der Waals surface area contributed by atoms with Crippen LogP contribution in [0.5, 0.6) is 5.75 Å². The number of aliphatic hydroxyl groups excluding tert-OH is 1.